The van der Waals surface area contributed by atoms with E-state index in [4.69, 9.17) is 0 Å². The Kier molecular flexibility index (Phi) is 6.75. The molecule has 0 aliphatic carbocycles. The molecule has 0 bridgehead atoms. The third-order valence-electron chi connectivity index (χ3n) is 5.14. The molecule has 0 spiro atoms. The van der Waals surface area contributed by atoms with Gasteiger partial charge in [-0.1, -0.05) is 30.3 Å². The fourth-order valence-electron chi connectivity index (χ4n) is 3.84. The third kappa shape index (κ3) is 4.18. The van der Waals surface area contributed by atoms with Crippen molar-refractivity contribution < 1.29 is 9.18 Å². The van der Waals surface area contributed by atoms with Crippen LogP contribution in [0, 0.1) is 5.82 Å². The highest BCUT2D eigenvalue weighted by molar-refractivity contribution is 6.38. The van der Waals surface area contributed by atoms with E-state index in [9.17, 15) is 9.18 Å². The van der Waals surface area contributed by atoms with Crippen molar-refractivity contribution in [3.05, 3.63) is 89.5 Å². The zero-order valence-corrected chi connectivity index (χ0v) is 17.9. The summed E-state index contributed by atoms with van der Waals surface area (Å²) < 4.78 is 14.2. The van der Waals surface area contributed by atoms with Crippen LogP contribution in [0.5, 0.6) is 0 Å². The summed E-state index contributed by atoms with van der Waals surface area (Å²) in [5.74, 6) is -0.430. The Labute approximate surface area is 182 Å². The van der Waals surface area contributed by atoms with Gasteiger partial charge in [0.2, 0.25) is 0 Å². The topological polar surface area (TPSA) is 39.3 Å². The van der Waals surface area contributed by atoms with Gasteiger partial charge in [0.05, 0.1) is 11.3 Å². The Morgan fingerprint density at radius 1 is 1.07 bits per heavy atom. The van der Waals surface area contributed by atoms with Gasteiger partial charge in [0.1, 0.15) is 5.82 Å². The number of halogens is 2. The van der Waals surface area contributed by atoms with Crippen molar-refractivity contribution in [1.29, 1.82) is 0 Å². The van der Waals surface area contributed by atoms with Crippen molar-refractivity contribution in [2.24, 2.45) is 0 Å². The smallest absolute Gasteiger partial charge is 0.259 e. The predicted molar refractivity (Wildman–Crippen MR) is 122 cm³/mol. The molecule has 2 heterocycles. The van der Waals surface area contributed by atoms with Gasteiger partial charge in [-0.05, 0) is 63.0 Å². The number of nitrogens with zero attached hydrogens (tertiary/aromatic N) is 2. The summed E-state index contributed by atoms with van der Waals surface area (Å²) in [6.45, 7) is 1.47. The molecule has 1 aliphatic heterocycles. The molecule has 0 atom stereocenters. The average Bonchev–Trinajstić information content (AvgIpc) is 3.32. The molecule has 6 heteroatoms. The number of aromatic amines is 1. The SMILES string of the molecule is CN(C)CCCN1C(=O)/C(=C(/c2ccccc2)c2ccc[nH]2)c2cc(F)ccc21.Cl. The molecule has 0 saturated carbocycles. The predicted octanol–water partition coefficient (Wildman–Crippen LogP) is 4.83. The summed E-state index contributed by atoms with van der Waals surface area (Å²) in [5.41, 5.74) is 4.51. The van der Waals surface area contributed by atoms with Crippen LogP contribution in [0.2, 0.25) is 0 Å². The van der Waals surface area contributed by atoms with Gasteiger partial charge in [0, 0.05) is 29.6 Å². The van der Waals surface area contributed by atoms with E-state index in [1.54, 1.807) is 11.0 Å². The second-order valence-electron chi connectivity index (χ2n) is 7.47. The molecule has 1 N–H and O–H groups in total. The van der Waals surface area contributed by atoms with Gasteiger partial charge in [-0.2, -0.15) is 0 Å². The first-order valence-electron chi connectivity index (χ1n) is 9.76. The molecule has 0 unspecified atom stereocenters. The molecular weight excluding hydrogens is 401 g/mol. The Balaban J connectivity index is 0.00000256. The molecular formula is C24H25ClFN3O. The van der Waals surface area contributed by atoms with Crippen molar-refractivity contribution in [2.75, 3.05) is 32.1 Å². The van der Waals surface area contributed by atoms with Crippen LogP contribution < -0.4 is 4.90 Å². The maximum atomic E-state index is 14.2. The van der Waals surface area contributed by atoms with E-state index in [2.05, 4.69) is 9.88 Å². The first kappa shape index (κ1) is 21.8. The number of H-pyrrole nitrogens is 1. The molecule has 30 heavy (non-hydrogen) atoms. The number of benzene rings is 2. The summed E-state index contributed by atoms with van der Waals surface area (Å²) in [6.07, 6.45) is 2.67. The van der Waals surface area contributed by atoms with E-state index in [1.165, 1.54) is 12.1 Å². The minimum Gasteiger partial charge on any atom is -0.361 e. The third-order valence-corrected chi connectivity index (χ3v) is 5.14. The Bertz CT molecular complexity index is 1050. The summed E-state index contributed by atoms with van der Waals surface area (Å²) in [5, 5.41) is 0. The Morgan fingerprint density at radius 3 is 2.50 bits per heavy atom. The number of anilines is 1. The largest absolute Gasteiger partial charge is 0.361 e. The highest BCUT2D eigenvalue weighted by Gasteiger charge is 2.35. The second-order valence-corrected chi connectivity index (χ2v) is 7.47. The number of amides is 1. The maximum Gasteiger partial charge on any atom is 0.259 e. The van der Waals surface area contributed by atoms with Gasteiger partial charge in [-0.15, -0.1) is 12.4 Å². The minimum absolute atomic E-state index is 0. The highest BCUT2D eigenvalue weighted by Crippen LogP contribution is 2.43. The normalized spacial score (nSPS) is 14.7. The number of carbonyl (C=O) groups excluding carboxylic acids is 1. The molecule has 1 aliphatic rings. The van der Waals surface area contributed by atoms with E-state index >= 15 is 0 Å². The number of hydrogen-bond donors (Lipinski definition) is 1. The highest BCUT2D eigenvalue weighted by atomic mass is 35.5. The molecule has 3 aromatic rings. The molecule has 0 fully saturated rings. The number of rotatable bonds is 6. The summed E-state index contributed by atoms with van der Waals surface area (Å²) in [4.78, 5) is 20.7. The molecule has 4 nitrogen and oxygen atoms in total. The lowest BCUT2D eigenvalue weighted by Crippen LogP contribution is -2.30. The summed E-state index contributed by atoms with van der Waals surface area (Å²) in [7, 11) is 4.03. The quantitative estimate of drug-likeness (QED) is 0.574. The Morgan fingerprint density at radius 2 is 1.83 bits per heavy atom. The number of carbonyl (C=O) groups is 1. The van der Waals surface area contributed by atoms with Gasteiger partial charge >= 0.3 is 0 Å². The molecule has 156 valence electrons. The minimum atomic E-state index is -0.344. The first-order chi connectivity index (χ1) is 14.1. The standard InChI is InChI=1S/C24H24FN3O.ClH/c1-27(2)14-7-15-28-21-12-11-18(25)16-19(21)23(24(28)29)22(20-10-6-13-26-20)17-8-4-3-5-9-17;/h3-6,8-13,16,26H,7,14-15H2,1-2H3;1H/b23-22-;. The summed E-state index contributed by atoms with van der Waals surface area (Å²) in [6, 6.07) is 18.2. The van der Waals surface area contributed by atoms with E-state index in [0.717, 1.165) is 35.5 Å². The van der Waals surface area contributed by atoms with E-state index in [1.807, 2.05) is 62.8 Å². The molecule has 1 amide bonds. The van der Waals surface area contributed by atoms with Gasteiger partial charge < -0.3 is 14.8 Å². The van der Waals surface area contributed by atoms with Gasteiger partial charge in [0.25, 0.3) is 5.91 Å². The lowest BCUT2D eigenvalue weighted by Gasteiger charge is -2.19. The number of aromatic nitrogens is 1. The molecule has 1 aromatic heterocycles. The van der Waals surface area contributed by atoms with Crippen LogP contribution in [0.4, 0.5) is 10.1 Å². The van der Waals surface area contributed by atoms with E-state index in [0.29, 0.717) is 17.7 Å². The monoisotopic (exact) mass is 425 g/mol. The van der Waals surface area contributed by atoms with Crippen molar-refractivity contribution in [2.45, 2.75) is 6.42 Å². The van der Waals surface area contributed by atoms with Gasteiger partial charge in [-0.25, -0.2) is 4.39 Å². The lowest BCUT2D eigenvalue weighted by molar-refractivity contribution is -0.113. The zero-order chi connectivity index (χ0) is 20.4. The number of nitrogens with one attached hydrogen (secondary N) is 1. The summed E-state index contributed by atoms with van der Waals surface area (Å²) >= 11 is 0. The van der Waals surface area contributed by atoms with Gasteiger partial charge in [-0.3, -0.25) is 4.79 Å². The van der Waals surface area contributed by atoms with Crippen LogP contribution in [0.25, 0.3) is 11.1 Å². The molecule has 0 radical (unpaired) electrons. The maximum absolute atomic E-state index is 14.2. The van der Waals surface area contributed by atoms with Crippen LogP contribution in [-0.4, -0.2) is 43.0 Å². The molecule has 4 rings (SSSR count). The van der Waals surface area contributed by atoms with Crippen LogP contribution >= 0.6 is 12.4 Å². The molecule has 2 aromatic carbocycles. The van der Waals surface area contributed by atoms with E-state index < -0.39 is 0 Å². The number of hydrogen-bond acceptors (Lipinski definition) is 2. The van der Waals surface area contributed by atoms with Crippen LogP contribution in [0.1, 0.15) is 23.2 Å². The van der Waals surface area contributed by atoms with Gasteiger partial charge in [0.15, 0.2) is 0 Å². The zero-order valence-electron chi connectivity index (χ0n) is 17.1. The van der Waals surface area contributed by atoms with Crippen molar-refractivity contribution in [1.82, 2.24) is 9.88 Å². The van der Waals surface area contributed by atoms with E-state index in [-0.39, 0.29) is 24.1 Å². The molecule has 0 saturated heterocycles. The average molecular weight is 426 g/mol. The Hall–Kier alpha value is -2.89. The van der Waals surface area contributed by atoms with Crippen molar-refractivity contribution in [3.8, 4) is 0 Å². The van der Waals surface area contributed by atoms with Crippen LogP contribution in [-0.2, 0) is 4.79 Å². The fraction of sp³-hybridized carbons (Fsp3) is 0.208. The van der Waals surface area contributed by atoms with Crippen LogP contribution in [0.15, 0.2) is 66.9 Å². The fourth-order valence-corrected chi connectivity index (χ4v) is 3.84. The first-order valence-corrected chi connectivity index (χ1v) is 9.76. The van der Waals surface area contributed by atoms with Crippen LogP contribution in [0.3, 0.4) is 0 Å². The van der Waals surface area contributed by atoms with Crippen molar-refractivity contribution in [3.63, 3.8) is 0 Å². The van der Waals surface area contributed by atoms with Crippen molar-refractivity contribution >= 4 is 35.1 Å². The number of fused-ring (bicyclic) bond motifs is 1. The second kappa shape index (κ2) is 9.28. The lowest BCUT2D eigenvalue weighted by atomic mass is 9.93.